The number of Topliss-reactive ketones (excluding diaryl/α,β-unsaturated/α-hetero) is 1. The Morgan fingerprint density at radius 1 is 1.29 bits per heavy atom. The van der Waals surface area contributed by atoms with Crippen LogP contribution in [0.25, 0.3) is 0 Å². The summed E-state index contributed by atoms with van der Waals surface area (Å²) in [5.41, 5.74) is 0.447. The maximum Gasteiger partial charge on any atom is 0.251 e. The minimum Gasteiger partial charge on any atom is -0.454 e. The van der Waals surface area contributed by atoms with Crippen LogP contribution in [-0.2, 0) is 4.79 Å². The third kappa shape index (κ3) is 2.38. The Bertz CT molecular complexity index is 470. The van der Waals surface area contributed by atoms with Crippen LogP contribution in [0.2, 0.25) is 0 Å². The van der Waals surface area contributed by atoms with Gasteiger partial charge in [0.1, 0.15) is 0 Å². The molecule has 0 aliphatic carbocycles. The van der Waals surface area contributed by atoms with Crippen molar-refractivity contribution in [2.75, 3.05) is 6.79 Å². The zero-order valence-corrected chi connectivity index (χ0v) is 9.65. The molecule has 1 aromatic carbocycles. The van der Waals surface area contributed by atoms with E-state index in [0.29, 0.717) is 17.1 Å². The Hall–Kier alpha value is -2.04. The predicted octanol–water partition coefficient (Wildman–Crippen LogP) is 1.12. The van der Waals surface area contributed by atoms with Gasteiger partial charge in [-0.3, -0.25) is 9.59 Å². The van der Waals surface area contributed by atoms with Crippen LogP contribution < -0.4 is 14.8 Å². The lowest BCUT2D eigenvalue weighted by molar-refractivity contribution is -0.118. The summed E-state index contributed by atoms with van der Waals surface area (Å²) in [6.07, 6.45) is 0. The molecule has 17 heavy (non-hydrogen) atoms. The Balaban J connectivity index is 2.12. The molecule has 1 aliphatic rings. The first-order valence-corrected chi connectivity index (χ1v) is 5.29. The smallest absolute Gasteiger partial charge is 0.251 e. The molecular formula is C12H13NO4. The molecule has 0 saturated heterocycles. The molecule has 1 N–H and O–H groups in total. The highest BCUT2D eigenvalue weighted by Gasteiger charge is 2.18. The molecule has 0 saturated carbocycles. The van der Waals surface area contributed by atoms with Crippen molar-refractivity contribution in [1.29, 1.82) is 0 Å². The minimum absolute atomic E-state index is 0.0842. The van der Waals surface area contributed by atoms with Gasteiger partial charge in [-0.15, -0.1) is 0 Å². The topological polar surface area (TPSA) is 64.6 Å². The van der Waals surface area contributed by atoms with Gasteiger partial charge in [-0.2, -0.15) is 0 Å². The van der Waals surface area contributed by atoms with Crippen LogP contribution in [0.4, 0.5) is 0 Å². The lowest BCUT2D eigenvalue weighted by Gasteiger charge is -2.10. The maximum atomic E-state index is 11.8. The molecule has 1 unspecified atom stereocenters. The van der Waals surface area contributed by atoms with E-state index in [-0.39, 0.29) is 18.5 Å². The number of carbonyl (C=O) groups is 2. The van der Waals surface area contributed by atoms with Crippen molar-refractivity contribution >= 4 is 11.7 Å². The van der Waals surface area contributed by atoms with Crippen molar-refractivity contribution in [1.82, 2.24) is 5.32 Å². The number of carbonyl (C=O) groups excluding carboxylic acids is 2. The second-order valence-corrected chi connectivity index (χ2v) is 3.87. The van der Waals surface area contributed by atoms with Crippen molar-refractivity contribution in [3.8, 4) is 11.5 Å². The van der Waals surface area contributed by atoms with Crippen molar-refractivity contribution in [2.24, 2.45) is 0 Å². The van der Waals surface area contributed by atoms with Crippen molar-refractivity contribution < 1.29 is 19.1 Å². The van der Waals surface area contributed by atoms with Crippen LogP contribution in [0.15, 0.2) is 18.2 Å². The van der Waals surface area contributed by atoms with Crippen molar-refractivity contribution in [3.05, 3.63) is 23.8 Å². The number of ether oxygens (including phenoxy) is 2. The average Bonchev–Trinajstić information content (AvgIpc) is 2.75. The normalized spacial score (nSPS) is 14.2. The average molecular weight is 235 g/mol. The summed E-state index contributed by atoms with van der Waals surface area (Å²) >= 11 is 0. The van der Waals surface area contributed by atoms with Crippen LogP contribution in [0, 0.1) is 0 Å². The fourth-order valence-electron chi connectivity index (χ4n) is 1.42. The van der Waals surface area contributed by atoms with Gasteiger partial charge in [0.2, 0.25) is 6.79 Å². The Morgan fingerprint density at radius 3 is 2.71 bits per heavy atom. The van der Waals surface area contributed by atoms with Crippen molar-refractivity contribution in [2.45, 2.75) is 19.9 Å². The quantitative estimate of drug-likeness (QED) is 0.852. The van der Waals surface area contributed by atoms with E-state index in [2.05, 4.69) is 5.32 Å². The van der Waals surface area contributed by atoms with Gasteiger partial charge in [-0.1, -0.05) is 0 Å². The minimum atomic E-state index is -0.493. The zero-order valence-electron chi connectivity index (χ0n) is 9.65. The molecular weight excluding hydrogens is 222 g/mol. The van der Waals surface area contributed by atoms with Gasteiger partial charge >= 0.3 is 0 Å². The van der Waals surface area contributed by atoms with E-state index >= 15 is 0 Å². The van der Waals surface area contributed by atoms with Gasteiger partial charge < -0.3 is 14.8 Å². The van der Waals surface area contributed by atoms with Crippen LogP contribution >= 0.6 is 0 Å². The summed E-state index contributed by atoms with van der Waals surface area (Å²) in [6.45, 7) is 3.25. The first-order chi connectivity index (χ1) is 8.08. The third-order valence-electron chi connectivity index (χ3n) is 2.59. The molecule has 1 aliphatic heterocycles. The van der Waals surface area contributed by atoms with E-state index < -0.39 is 6.04 Å². The molecule has 0 radical (unpaired) electrons. The fourth-order valence-corrected chi connectivity index (χ4v) is 1.42. The number of fused-ring (bicyclic) bond motifs is 1. The molecule has 1 amide bonds. The summed E-state index contributed by atoms with van der Waals surface area (Å²) in [5, 5.41) is 2.60. The van der Waals surface area contributed by atoms with Crippen LogP contribution in [0.3, 0.4) is 0 Å². The largest absolute Gasteiger partial charge is 0.454 e. The molecule has 0 fully saturated rings. The second kappa shape index (κ2) is 4.45. The summed E-state index contributed by atoms with van der Waals surface area (Å²) in [4.78, 5) is 22.8. The molecule has 5 heteroatoms. The van der Waals surface area contributed by atoms with Gasteiger partial charge in [-0.25, -0.2) is 0 Å². The second-order valence-electron chi connectivity index (χ2n) is 3.87. The number of hydrogen-bond acceptors (Lipinski definition) is 4. The molecule has 0 aromatic heterocycles. The lowest BCUT2D eigenvalue weighted by Crippen LogP contribution is -2.37. The number of nitrogens with one attached hydrogen (secondary N) is 1. The number of benzene rings is 1. The van der Waals surface area contributed by atoms with E-state index in [1.54, 1.807) is 25.1 Å². The van der Waals surface area contributed by atoms with E-state index in [1.807, 2.05) is 0 Å². The molecule has 0 spiro atoms. The highest BCUT2D eigenvalue weighted by molar-refractivity contribution is 5.97. The number of amides is 1. The zero-order chi connectivity index (χ0) is 12.4. The molecule has 0 bridgehead atoms. The Morgan fingerprint density at radius 2 is 2.00 bits per heavy atom. The van der Waals surface area contributed by atoms with Crippen molar-refractivity contribution in [3.63, 3.8) is 0 Å². The van der Waals surface area contributed by atoms with E-state index in [1.165, 1.54) is 6.92 Å². The van der Waals surface area contributed by atoms with Crippen LogP contribution in [0.1, 0.15) is 24.2 Å². The van der Waals surface area contributed by atoms with Crippen LogP contribution in [0.5, 0.6) is 11.5 Å². The Kier molecular flexibility index (Phi) is 2.99. The fraction of sp³-hybridized carbons (Fsp3) is 0.333. The summed E-state index contributed by atoms with van der Waals surface area (Å²) in [7, 11) is 0. The Labute approximate surface area is 98.7 Å². The standard InChI is InChI=1S/C12H13NO4/c1-7(8(2)14)13-12(15)9-3-4-10-11(5-9)17-6-16-10/h3-5,7H,6H2,1-2H3,(H,13,15). The van der Waals surface area contributed by atoms with Gasteiger partial charge in [-0.05, 0) is 32.0 Å². The molecule has 2 rings (SSSR count). The number of ketones is 1. The summed E-state index contributed by atoms with van der Waals surface area (Å²) < 4.78 is 10.3. The van der Waals surface area contributed by atoms with Gasteiger partial charge in [0.05, 0.1) is 6.04 Å². The van der Waals surface area contributed by atoms with E-state index in [4.69, 9.17) is 9.47 Å². The third-order valence-corrected chi connectivity index (χ3v) is 2.59. The SMILES string of the molecule is CC(=O)C(C)NC(=O)c1ccc2c(c1)OCO2. The van der Waals surface area contributed by atoms with E-state index in [0.717, 1.165) is 0 Å². The van der Waals surface area contributed by atoms with Crippen LogP contribution in [-0.4, -0.2) is 24.5 Å². The first-order valence-electron chi connectivity index (χ1n) is 5.29. The molecule has 5 nitrogen and oxygen atoms in total. The van der Waals surface area contributed by atoms with E-state index in [9.17, 15) is 9.59 Å². The molecule has 1 atom stereocenters. The summed E-state index contributed by atoms with van der Waals surface area (Å²) in [6, 6.07) is 4.42. The highest BCUT2D eigenvalue weighted by atomic mass is 16.7. The monoisotopic (exact) mass is 235 g/mol. The number of hydrogen-bond donors (Lipinski definition) is 1. The van der Waals surface area contributed by atoms with Gasteiger partial charge in [0.15, 0.2) is 17.3 Å². The number of rotatable bonds is 3. The molecule has 1 heterocycles. The van der Waals surface area contributed by atoms with Gasteiger partial charge in [0.25, 0.3) is 5.91 Å². The molecule has 90 valence electrons. The predicted molar refractivity (Wildman–Crippen MR) is 60.2 cm³/mol. The highest BCUT2D eigenvalue weighted by Crippen LogP contribution is 2.32. The maximum absolute atomic E-state index is 11.8. The van der Waals surface area contributed by atoms with Gasteiger partial charge in [0, 0.05) is 5.56 Å². The molecule has 1 aromatic rings. The lowest BCUT2D eigenvalue weighted by atomic mass is 10.1. The first kappa shape index (κ1) is 11.4. The summed E-state index contributed by atoms with van der Waals surface area (Å²) in [5.74, 6) is 0.791.